The van der Waals surface area contributed by atoms with Gasteiger partial charge in [0.25, 0.3) is 5.91 Å². The molecule has 2 heterocycles. The van der Waals surface area contributed by atoms with Gasteiger partial charge in [-0.05, 0) is 43.2 Å². The number of pyridine rings is 1. The summed E-state index contributed by atoms with van der Waals surface area (Å²) in [6.45, 7) is 2.03. The second kappa shape index (κ2) is 6.44. The lowest BCUT2D eigenvalue weighted by molar-refractivity contribution is 0.102. The van der Waals surface area contributed by atoms with Crippen molar-refractivity contribution < 1.29 is 9.18 Å². The van der Waals surface area contributed by atoms with Crippen molar-refractivity contribution in [2.45, 2.75) is 12.8 Å². The smallest absolute Gasteiger partial charge is 0.258 e. The van der Waals surface area contributed by atoms with Gasteiger partial charge in [-0.1, -0.05) is 15.9 Å². The molecule has 114 valence electrons. The zero-order valence-corrected chi connectivity index (χ0v) is 13.4. The Balaban J connectivity index is 1.72. The van der Waals surface area contributed by atoms with E-state index < -0.39 is 11.7 Å². The lowest BCUT2D eigenvalue weighted by Crippen LogP contribution is -2.19. The fourth-order valence-electron chi connectivity index (χ4n) is 2.46. The van der Waals surface area contributed by atoms with Crippen LogP contribution in [0, 0.1) is 5.82 Å². The number of amides is 1. The Morgan fingerprint density at radius 1 is 1.23 bits per heavy atom. The number of hydrogen-bond donors (Lipinski definition) is 1. The maximum absolute atomic E-state index is 13.7. The molecule has 4 nitrogen and oxygen atoms in total. The SMILES string of the molecule is O=C(Nc1ccc(N2CCCC2)nc1)c1cc(Br)ccc1F. The number of hydrogen-bond acceptors (Lipinski definition) is 3. The van der Waals surface area contributed by atoms with Crippen LogP contribution in [-0.4, -0.2) is 24.0 Å². The number of anilines is 2. The van der Waals surface area contributed by atoms with Crippen LogP contribution in [0.2, 0.25) is 0 Å². The molecule has 6 heteroatoms. The van der Waals surface area contributed by atoms with Gasteiger partial charge in [-0.2, -0.15) is 0 Å². The van der Waals surface area contributed by atoms with E-state index in [9.17, 15) is 9.18 Å². The standard InChI is InChI=1S/C16H15BrFN3O/c17-11-3-5-14(18)13(9-11)16(22)20-12-4-6-15(19-10-12)21-7-1-2-8-21/h3-6,9-10H,1-2,7-8H2,(H,20,22). The van der Waals surface area contributed by atoms with Crippen molar-refractivity contribution in [3.63, 3.8) is 0 Å². The van der Waals surface area contributed by atoms with Gasteiger partial charge in [0, 0.05) is 17.6 Å². The highest BCUT2D eigenvalue weighted by Gasteiger charge is 2.15. The van der Waals surface area contributed by atoms with E-state index in [4.69, 9.17) is 0 Å². The molecule has 0 bridgehead atoms. The van der Waals surface area contributed by atoms with Crippen LogP contribution in [0.25, 0.3) is 0 Å². The first-order valence-corrected chi connectivity index (χ1v) is 7.90. The Bertz CT molecular complexity index is 684. The van der Waals surface area contributed by atoms with E-state index in [0.29, 0.717) is 10.2 Å². The molecule has 0 radical (unpaired) electrons. The van der Waals surface area contributed by atoms with E-state index in [1.807, 2.05) is 6.07 Å². The van der Waals surface area contributed by atoms with Crippen molar-refractivity contribution in [2.75, 3.05) is 23.3 Å². The predicted octanol–water partition coefficient (Wildman–Crippen LogP) is 3.84. The third-order valence-corrected chi connectivity index (χ3v) is 4.10. The summed E-state index contributed by atoms with van der Waals surface area (Å²) < 4.78 is 14.3. The molecule has 0 spiro atoms. The van der Waals surface area contributed by atoms with Crippen LogP contribution in [0.15, 0.2) is 41.0 Å². The van der Waals surface area contributed by atoms with E-state index in [1.54, 1.807) is 18.3 Å². The largest absolute Gasteiger partial charge is 0.357 e. The van der Waals surface area contributed by atoms with Crippen LogP contribution < -0.4 is 10.2 Å². The monoisotopic (exact) mass is 363 g/mol. The first kappa shape index (κ1) is 15.0. The van der Waals surface area contributed by atoms with Gasteiger partial charge in [-0.15, -0.1) is 0 Å². The van der Waals surface area contributed by atoms with E-state index >= 15 is 0 Å². The van der Waals surface area contributed by atoms with Gasteiger partial charge in [0.2, 0.25) is 0 Å². The number of halogens is 2. The summed E-state index contributed by atoms with van der Waals surface area (Å²) in [4.78, 5) is 18.7. The molecule has 1 aliphatic heterocycles. The van der Waals surface area contributed by atoms with Gasteiger partial charge in [-0.25, -0.2) is 9.37 Å². The molecular formula is C16H15BrFN3O. The average molecular weight is 364 g/mol. The Morgan fingerprint density at radius 3 is 2.68 bits per heavy atom. The van der Waals surface area contributed by atoms with E-state index in [2.05, 4.69) is 31.1 Å². The van der Waals surface area contributed by atoms with Crippen molar-refractivity contribution in [2.24, 2.45) is 0 Å². The summed E-state index contributed by atoms with van der Waals surface area (Å²) in [6.07, 6.45) is 3.96. The summed E-state index contributed by atoms with van der Waals surface area (Å²) in [5.74, 6) is -0.138. The summed E-state index contributed by atoms with van der Waals surface area (Å²) in [5, 5.41) is 2.66. The van der Waals surface area contributed by atoms with Crippen molar-refractivity contribution in [1.82, 2.24) is 4.98 Å². The minimum atomic E-state index is -0.553. The third-order valence-electron chi connectivity index (χ3n) is 3.61. The van der Waals surface area contributed by atoms with Gasteiger partial charge in [0.15, 0.2) is 0 Å². The van der Waals surface area contributed by atoms with Crippen LogP contribution in [0.5, 0.6) is 0 Å². The Morgan fingerprint density at radius 2 is 2.00 bits per heavy atom. The van der Waals surface area contributed by atoms with Crippen LogP contribution in [-0.2, 0) is 0 Å². The Labute approximate surface area is 136 Å². The molecule has 1 aliphatic rings. The maximum Gasteiger partial charge on any atom is 0.258 e. The zero-order valence-electron chi connectivity index (χ0n) is 11.9. The van der Waals surface area contributed by atoms with Crippen molar-refractivity contribution >= 4 is 33.3 Å². The predicted molar refractivity (Wildman–Crippen MR) is 87.7 cm³/mol. The molecule has 0 aliphatic carbocycles. The highest BCUT2D eigenvalue weighted by atomic mass is 79.9. The summed E-state index contributed by atoms with van der Waals surface area (Å²) in [7, 11) is 0. The van der Waals surface area contributed by atoms with Gasteiger partial charge >= 0.3 is 0 Å². The molecule has 1 aromatic heterocycles. The number of nitrogens with zero attached hydrogens (tertiary/aromatic N) is 2. The van der Waals surface area contributed by atoms with Crippen LogP contribution in [0.4, 0.5) is 15.9 Å². The molecule has 0 saturated carbocycles. The van der Waals surface area contributed by atoms with Gasteiger partial charge in [0.1, 0.15) is 11.6 Å². The lowest BCUT2D eigenvalue weighted by atomic mass is 10.2. The average Bonchev–Trinajstić information content (AvgIpc) is 3.05. The number of benzene rings is 1. The van der Waals surface area contributed by atoms with Crippen LogP contribution in [0.1, 0.15) is 23.2 Å². The number of nitrogens with one attached hydrogen (secondary N) is 1. The van der Waals surface area contributed by atoms with Crippen molar-refractivity contribution in [1.29, 1.82) is 0 Å². The highest BCUT2D eigenvalue weighted by Crippen LogP contribution is 2.20. The van der Waals surface area contributed by atoms with Crippen molar-refractivity contribution in [3.8, 4) is 0 Å². The topological polar surface area (TPSA) is 45.2 Å². The number of carbonyl (C=O) groups is 1. The lowest BCUT2D eigenvalue weighted by Gasteiger charge is -2.16. The minimum Gasteiger partial charge on any atom is -0.357 e. The van der Waals surface area contributed by atoms with E-state index in [1.165, 1.54) is 25.0 Å². The number of carbonyl (C=O) groups excluding carboxylic acids is 1. The molecule has 1 amide bonds. The molecular weight excluding hydrogens is 349 g/mol. The molecule has 1 fully saturated rings. The van der Waals surface area contributed by atoms with Gasteiger partial charge < -0.3 is 10.2 Å². The Hall–Kier alpha value is -1.95. The second-order valence-electron chi connectivity index (χ2n) is 5.18. The third kappa shape index (κ3) is 3.27. The zero-order chi connectivity index (χ0) is 15.5. The molecule has 0 atom stereocenters. The van der Waals surface area contributed by atoms with E-state index in [-0.39, 0.29) is 5.56 Å². The molecule has 1 N–H and O–H groups in total. The van der Waals surface area contributed by atoms with Crippen molar-refractivity contribution in [3.05, 3.63) is 52.4 Å². The van der Waals surface area contributed by atoms with Gasteiger partial charge in [-0.3, -0.25) is 4.79 Å². The quantitative estimate of drug-likeness (QED) is 0.900. The van der Waals surface area contributed by atoms with Gasteiger partial charge in [0.05, 0.1) is 17.4 Å². The molecule has 2 aromatic rings. The molecule has 1 saturated heterocycles. The molecule has 3 rings (SSSR count). The summed E-state index contributed by atoms with van der Waals surface area (Å²) in [5.41, 5.74) is 0.547. The van der Waals surface area contributed by atoms with Crippen LogP contribution >= 0.6 is 15.9 Å². The van der Waals surface area contributed by atoms with E-state index in [0.717, 1.165) is 18.9 Å². The fourth-order valence-corrected chi connectivity index (χ4v) is 2.82. The fraction of sp³-hybridized carbons (Fsp3) is 0.250. The highest BCUT2D eigenvalue weighted by molar-refractivity contribution is 9.10. The maximum atomic E-state index is 13.7. The summed E-state index contributed by atoms with van der Waals surface area (Å²) in [6, 6.07) is 7.93. The molecule has 22 heavy (non-hydrogen) atoms. The van der Waals surface area contributed by atoms with Crippen LogP contribution in [0.3, 0.4) is 0 Å². The second-order valence-corrected chi connectivity index (χ2v) is 6.09. The first-order valence-electron chi connectivity index (χ1n) is 7.11. The minimum absolute atomic E-state index is 0.00186. The molecule has 1 aromatic carbocycles. The normalized spacial score (nSPS) is 14.2. The number of aromatic nitrogens is 1. The summed E-state index contributed by atoms with van der Waals surface area (Å²) >= 11 is 3.23. The number of rotatable bonds is 3. The first-order chi connectivity index (χ1) is 10.6. The molecule has 0 unspecified atom stereocenters. The Kier molecular flexibility index (Phi) is 4.38.